The molecule has 4 rings (SSSR count). The Hall–Kier alpha value is -2.57. The van der Waals surface area contributed by atoms with Crippen LogP contribution in [0.25, 0.3) is 21.8 Å². The average molecular weight is 351 g/mol. The van der Waals surface area contributed by atoms with Gasteiger partial charge in [-0.05, 0) is 37.1 Å². The summed E-state index contributed by atoms with van der Waals surface area (Å²) >= 11 is 1.59. The van der Waals surface area contributed by atoms with Gasteiger partial charge in [0.2, 0.25) is 0 Å². The van der Waals surface area contributed by atoms with Gasteiger partial charge in [-0.1, -0.05) is 12.1 Å². The average Bonchev–Trinajstić information content (AvgIpc) is 3.35. The second-order valence-electron chi connectivity index (χ2n) is 5.85. The molecular weight excluding hydrogens is 334 g/mol. The van der Waals surface area contributed by atoms with E-state index in [1.807, 2.05) is 41.8 Å². The van der Waals surface area contributed by atoms with Gasteiger partial charge in [-0.2, -0.15) is 0 Å². The zero-order chi connectivity index (χ0) is 17.1. The molecule has 1 amide bonds. The Kier molecular flexibility index (Phi) is 4.54. The minimum absolute atomic E-state index is 0.0783. The zero-order valence-electron chi connectivity index (χ0n) is 13.5. The number of nitrogens with one attached hydrogen (secondary N) is 1. The van der Waals surface area contributed by atoms with E-state index in [-0.39, 0.29) is 12.0 Å². The van der Waals surface area contributed by atoms with E-state index in [1.54, 1.807) is 23.7 Å². The number of amides is 1. The first kappa shape index (κ1) is 15.9. The molecule has 6 heteroatoms. The number of ether oxygens (including phenoxy) is 1. The Morgan fingerprint density at radius 3 is 2.88 bits per heavy atom. The largest absolute Gasteiger partial charge is 0.368 e. The molecule has 1 unspecified atom stereocenters. The Bertz CT molecular complexity index is 873. The third-order valence-electron chi connectivity index (χ3n) is 4.08. The Balaban J connectivity index is 1.53. The first-order valence-electron chi connectivity index (χ1n) is 8.18. The van der Waals surface area contributed by atoms with Crippen molar-refractivity contribution in [2.24, 2.45) is 0 Å². The van der Waals surface area contributed by atoms with Gasteiger partial charge in [0.05, 0.1) is 5.69 Å². The number of anilines is 1. The Labute approximate surface area is 149 Å². The Morgan fingerprint density at radius 2 is 2.08 bits per heavy atom. The van der Waals surface area contributed by atoms with Gasteiger partial charge in [0.25, 0.3) is 5.91 Å². The predicted molar refractivity (Wildman–Crippen MR) is 98.4 cm³/mol. The van der Waals surface area contributed by atoms with Crippen LogP contribution in [0, 0.1) is 0 Å². The molecule has 5 nitrogen and oxygen atoms in total. The lowest BCUT2D eigenvalue weighted by molar-refractivity contribution is -0.124. The number of thiazole rings is 1. The monoisotopic (exact) mass is 351 g/mol. The summed E-state index contributed by atoms with van der Waals surface area (Å²) in [5.74, 6) is -0.0783. The topological polar surface area (TPSA) is 64.1 Å². The fourth-order valence-electron chi connectivity index (χ4n) is 2.80. The molecule has 2 aromatic heterocycles. The molecule has 0 radical (unpaired) electrons. The lowest BCUT2D eigenvalue weighted by Crippen LogP contribution is -2.26. The fourth-order valence-corrected chi connectivity index (χ4v) is 3.63. The molecule has 1 aromatic carbocycles. The summed E-state index contributed by atoms with van der Waals surface area (Å²) < 4.78 is 5.43. The summed E-state index contributed by atoms with van der Waals surface area (Å²) in [4.78, 5) is 20.9. The van der Waals surface area contributed by atoms with Gasteiger partial charge in [-0.15, -0.1) is 11.3 Å². The second kappa shape index (κ2) is 7.13. The predicted octanol–water partition coefficient (Wildman–Crippen LogP) is 3.99. The first-order chi connectivity index (χ1) is 12.3. The van der Waals surface area contributed by atoms with E-state index in [4.69, 9.17) is 9.72 Å². The van der Waals surface area contributed by atoms with Crippen molar-refractivity contribution in [1.82, 2.24) is 9.97 Å². The van der Waals surface area contributed by atoms with E-state index in [1.165, 1.54) is 0 Å². The van der Waals surface area contributed by atoms with Crippen molar-refractivity contribution < 1.29 is 9.53 Å². The van der Waals surface area contributed by atoms with Crippen LogP contribution in [0.3, 0.4) is 0 Å². The number of aromatic nitrogens is 2. The molecular formula is C19H17N3O2S. The van der Waals surface area contributed by atoms with Crippen molar-refractivity contribution in [3.63, 3.8) is 0 Å². The number of hydrogen-bond acceptors (Lipinski definition) is 5. The molecule has 1 fully saturated rings. The maximum absolute atomic E-state index is 12.2. The minimum Gasteiger partial charge on any atom is -0.368 e. The molecule has 1 aliphatic heterocycles. The molecule has 1 saturated heterocycles. The maximum atomic E-state index is 12.2. The smallest absolute Gasteiger partial charge is 0.253 e. The summed E-state index contributed by atoms with van der Waals surface area (Å²) in [6.07, 6.45) is 4.91. The molecule has 126 valence electrons. The molecule has 0 aliphatic carbocycles. The zero-order valence-corrected chi connectivity index (χ0v) is 14.3. The quantitative estimate of drug-likeness (QED) is 0.772. The number of rotatable bonds is 4. The van der Waals surface area contributed by atoms with Crippen molar-refractivity contribution in [2.75, 3.05) is 11.9 Å². The fraction of sp³-hybridized carbons (Fsp3) is 0.211. The van der Waals surface area contributed by atoms with Crippen molar-refractivity contribution in [2.45, 2.75) is 18.9 Å². The van der Waals surface area contributed by atoms with Gasteiger partial charge in [0.15, 0.2) is 0 Å². The number of pyridine rings is 1. The number of hydrogen-bond donors (Lipinski definition) is 1. The number of carbonyl (C=O) groups excluding carboxylic acids is 1. The van der Waals surface area contributed by atoms with Crippen LogP contribution in [0.2, 0.25) is 0 Å². The maximum Gasteiger partial charge on any atom is 0.253 e. The van der Waals surface area contributed by atoms with Crippen molar-refractivity contribution in [3.05, 3.63) is 54.2 Å². The van der Waals surface area contributed by atoms with Crippen molar-refractivity contribution >= 4 is 22.9 Å². The number of benzene rings is 1. The van der Waals surface area contributed by atoms with E-state index in [0.717, 1.165) is 40.4 Å². The molecule has 1 aliphatic rings. The van der Waals surface area contributed by atoms with E-state index >= 15 is 0 Å². The first-order valence-corrected chi connectivity index (χ1v) is 9.06. The highest BCUT2D eigenvalue weighted by Crippen LogP contribution is 2.29. The summed E-state index contributed by atoms with van der Waals surface area (Å²) in [6, 6.07) is 11.6. The summed E-state index contributed by atoms with van der Waals surface area (Å²) in [5, 5.41) is 5.91. The van der Waals surface area contributed by atoms with Crippen LogP contribution in [-0.2, 0) is 9.53 Å². The third-order valence-corrected chi connectivity index (χ3v) is 4.97. The van der Waals surface area contributed by atoms with E-state index in [9.17, 15) is 4.79 Å². The van der Waals surface area contributed by atoms with Crippen LogP contribution >= 0.6 is 11.3 Å². The van der Waals surface area contributed by atoms with Crippen LogP contribution < -0.4 is 5.32 Å². The summed E-state index contributed by atoms with van der Waals surface area (Å²) in [6.45, 7) is 0.661. The van der Waals surface area contributed by atoms with Gasteiger partial charge in [-0.3, -0.25) is 9.78 Å². The Morgan fingerprint density at radius 1 is 1.20 bits per heavy atom. The summed E-state index contributed by atoms with van der Waals surface area (Å²) in [5.41, 5.74) is 3.68. The van der Waals surface area contributed by atoms with E-state index in [2.05, 4.69) is 10.3 Å². The van der Waals surface area contributed by atoms with Gasteiger partial charge in [0.1, 0.15) is 11.1 Å². The highest BCUT2D eigenvalue weighted by Gasteiger charge is 2.23. The molecule has 1 N–H and O–H groups in total. The van der Waals surface area contributed by atoms with Crippen LogP contribution in [0.1, 0.15) is 12.8 Å². The minimum atomic E-state index is -0.332. The molecule has 1 atom stereocenters. The van der Waals surface area contributed by atoms with Crippen molar-refractivity contribution in [1.29, 1.82) is 0 Å². The highest BCUT2D eigenvalue weighted by atomic mass is 32.1. The van der Waals surface area contributed by atoms with Gasteiger partial charge in [-0.25, -0.2) is 4.98 Å². The summed E-state index contributed by atoms with van der Waals surface area (Å²) in [7, 11) is 0. The SMILES string of the molecule is O=C(Nc1cccc(-c2csc(-c3ccncc3)n2)c1)C1CCCO1. The van der Waals surface area contributed by atoms with Gasteiger partial charge >= 0.3 is 0 Å². The molecule has 3 aromatic rings. The van der Waals surface area contributed by atoms with E-state index < -0.39 is 0 Å². The van der Waals surface area contributed by atoms with Crippen LogP contribution in [-0.4, -0.2) is 28.6 Å². The molecule has 0 bridgehead atoms. The van der Waals surface area contributed by atoms with Crippen LogP contribution in [0.15, 0.2) is 54.2 Å². The lowest BCUT2D eigenvalue weighted by atomic mass is 10.1. The molecule has 25 heavy (non-hydrogen) atoms. The molecule has 0 spiro atoms. The normalized spacial score (nSPS) is 16.7. The third kappa shape index (κ3) is 3.60. The van der Waals surface area contributed by atoms with Crippen LogP contribution in [0.4, 0.5) is 5.69 Å². The van der Waals surface area contributed by atoms with Crippen molar-refractivity contribution in [3.8, 4) is 21.8 Å². The standard InChI is InChI=1S/C19H17N3O2S/c23-18(17-5-2-10-24-17)21-15-4-1-3-14(11-15)16-12-25-19(22-16)13-6-8-20-9-7-13/h1,3-4,6-9,11-12,17H,2,5,10H2,(H,21,23). The second-order valence-corrected chi connectivity index (χ2v) is 6.70. The van der Waals surface area contributed by atoms with Gasteiger partial charge in [0, 0.05) is 41.2 Å². The van der Waals surface area contributed by atoms with Gasteiger partial charge < -0.3 is 10.1 Å². The van der Waals surface area contributed by atoms with E-state index in [0.29, 0.717) is 6.61 Å². The lowest BCUT2D eigenvalue weighted by Gasteiger charge is -2.11. The molecule has 0 saturated carbocycles. The highest BCUT2D eigenvalue weighted by molar-refractivity contribution is 7.13. The number of nitrogens with zero attached hydrogens (tertiary/aromatic N) is 2. The molecule has 3 heterocycles. The number of carbonyl (C=O) groups is 1. The van der Waals surface area contributed by atoms with Crippen LogP contribution in [0.5, 0.6) is 0 Å².